The molecule has 0 saturated heterocycles. The van der Waals surface area contributed by atoms with Gasteiger partial charge in [-0.1, -0.05) is 18.9 Å². The van der Waals surface area contributed by atoms with E-state index in [-0.39, 0.29) is 12.6 Å². The van der Waals surface area contributed by atoms with Gasteiger partial charge >= 0.3 is 16.0 Å². The Morgan fingerprint density at radius 2 is 1.95 bits per heavy atom. The lowest BCUT2D eigenvalue weighted by molar-refractivity contribution is -0.130. The lowest BCUT2D eigenvalue weighted by Gasteiger charge is -2.18. The summed E-state index contributed by atoms with van der Waals surface area (Å²) in [6, 6.07) is 0. The fourth-order valence-corrected chi connectivity index (χ4v) is 3.58. The molecule has 0 amide bonds. The van der Waals surface area contributed by atoms with Gasteiger partial charge in [-0.3, -0.25) is 0 Å². The number of aliphatic hydroxyl groups excluding tert-OH is 2. The van der Waals surface area contributed by atoms with Gasteiger partial charge < -0.3 is 18.8 Å². The molecule has 5 nitrogen and oxygen atoms in total. The van der Waals surface area contributed by atoms with Gasteiger partial charge in [-0.2, -0.15) is 0 Å². The monoisotopic (exact) mass is 320 g/mol. The minimum absolute atomic E-state index is 0.303. The van der Waals surface area contributed by atoms with Gasteiger partial charge in [0.15, 0.2) is 8.32 Å². The molecule has 0 spiro atoms. The first kappa shape index (κ1) is 19.5. The molecule has 0 aromatic rings. The van der Waals surface area contributed by atoms with Crippen molar-refractivity contribution in [3.05, 3.63) is 11.1 Å². The standard InChI is InChI=1S/C13H28O5Si2/c1-6-7-11(8-12(15)9-14)10(2)13(16)17-19-18-20(3,4)5/h12,14-15H,6-9,19H2,1-5H3. The Labute approximate surface area is 125 Å². The highest BCUT2D eigenvalue weighted by atomic mass is 28.4. The highest BCUT2D eigenvalue weighted by molar-refractivity contribution is 6.73. The molecule has 2 N–H and O–H groups in total. The van der Waals surface area contributed by atoms with Crippen LogP contribution in [-0.2, 0) is 13.3 Å². The summed E-state index contributed by atoms with van der Waals surface area (Å²) in [4.78, 5) is 12.0. The third-order valence-electron chi connectivity index (χ3n) is 2.76. The first-order valence-electron chi connectivity index (χ1n) is 6.99. The molecule has 0 aliphatic carbocycles. The molecular formula is C13H28O5Si2. The maximum Gasteiger partial charge on any atom is 0.359 e. The summed E-state index contributed by atoms with van der Waals surface area (Å²) in [5.74, 6) is -0.358. The van der Waals surface area contributed by atoms with Crippen molar-refractivity contribution in [2.45, 2.75) is 58.9 Å². The largest absolute Gasteiger partial charge is 0.497 e. The Balaban J connectivity index is 4.62. The molecule has 1 unspecified atom stereocenters. The smallest absolute Gasteiger partial charge is 0.359 e. The quantitative estimate of drug-likeness (QED) is 0.494. The van der Waals surface area contributed by atoms with Crippen molar-refractivity contribution in [3.8, 4) is 0 Å². The Kier molecular flexibility index (Phi) is 9.23. The minimum Gasteiger partial charge on any atom is -0.497 e. The van der Waals surface area contributed by atoms with Crippen LogP contribution in [0.4, 0.5) is 0 Å². The van der Waals surface area contributed by atoms with Crippen LogP contribution >= 0.6 is 0 Å². The molecule has 0 radical (unpaired) electrons. The van der Waals surface area contributed by atoms with Crippen molar-refractivity contribution in [2.24, 2.45) is 0 Å². The molecule has 20 heavy (non-hydrogen) atoms. The predicted molar refractivity (Wildman–Crippen MR) is 84.4 cm³/mol. The summed E-state index contributed by atoms with van der Waals surface area (Å²) >= 11 is 0. The average Bonchev–Trinajstić information content (AvgIpc) is 2.35. The van der Waals surface area contributed by atoms with E-state index in [1.54, 1.807) is 6.92 Å². The van der Waals surface area contributed by atoms with Crippen molar-refractivity contribution in [1.82, 2.24) is 0 Å². The minimum atomic E-state index is -1.64. The van der Waals surface area contributed by atoms with Gasteiger partial charge in [0.2, 0.25) is 0 Å². The molecular weight excluding hydrogens is 292 g/mol. The molecule has 0 aromatic carbocycles. The number of hydrogen-bond donors (Lipinski definition) is 2. The normalized spacial score (nSPS) is 15.3. The molecule has 0 fully saturated rings. The third-order valence-corrected chi connectivity index (χ3v) is 7.08. The Hall–Kier alpha value is -0.476. The van der Waals surface area contributed by atoms with E-state index in [0.717, 1.165) is 12.0 Å². The van der Waals surface area contributed by atoms with E-state index in [1.807, 2.05) is 6.92 Å². The SMILES string of the molecule is CCCC(CC(O)CO)=C(C)C(=O)O[SiH2]O[Si](C)(C)C. The summed E-state index contributed by atoms with van der Waals surface area (Å²) in [6.45, 7) is 9.57. The van der Waals surface area contributed by atoms with Crippen molar-refractivity contribution in [1.29, 1.82) is 0 Å². The van der Waals surface area contributed by atoms with Crippen LogP contribution in [0.2, 0.25) is 19.6 Å². The van der Waals surface area contributed by atoms with Gasteiger partial charge in [-0.15, -0.1) is 0 Å². The molecule has 0 aliphatic heterocycles. The van der Waals surface area contributed by atoms with Crippen LogP contribution in [0.5, 0.6) is 0 Å². The summed E-state index contributed by atoms with van der Waals surface area (Å²) in [5.41, 5.74) is 1.38. The number of hydrogen-bond acceptors (Lipinski definition) is 5. The highest BCUT2D eigenvalue weighted by Gasteiger charge is 2.18. The van der Waals surface area contributed by atoms with Crippen LogP contribution in [0.1, 0.15) is 33.1 Å². The van der Waals surface area contributed by atoms with Crippen LogP contribution in [0.3, 0.4) is 0 Å². The van der Waals surface area contributed by atoms with Gasteiger partial charge in [0.05, 0.1) is 12.7 Å². The molecule has 118 valence electrons. The number of carbonyl (C=O) groups excluding carboxylic acids is 1. The molecule has 0 aliphatic rings. The molecule has 0 heterocycles. The first-order chi connectivity index (χ1) is 9.21. The molecule has 1 atom stereocenters. The summed E-state index contributed by atoms with van der Waals surface area (Å²) in [7, 11) is -2.93. The zero-order valence-electron chi connectivity index (χ0n) is 13.2. The number of rotatable bonds is 9. The second-order valence-corrected chi connectivity index (χ2v) is 11.7. The molecule has 0 saturated carbocycles. The van der Waals surface area contributed by atoms with E-state index in [0.29, 0.717) is 18.4 Å². The number of carbonyl (C=O) groups is 1. The summed E-state index contributed by atoms with van der Waals surface area (Å²) in [6.07, 6.45) is 1.08. The number of aliphatic hydroxyl groups is 2. The zero-order valence-corrected chi connectivity index (χ0v) is 15.6. The van der Waals surface area contributed by atoms with E-state index in [4.69, 9.17) is 13.6 Å². The van der Waals surface area contributed by atoms with E-state index in [2.05, 4.69) is 19.6 Å². The van der Waals surface area contributed by atoms with E-state index < -0.39 is 24.4 Å². The van der Waals surface area contributed by atoms with Crippen LogP contribution in [0, 0.1) is 0 Å². The van der Waals surface area contributed by atoms with E-state index in [9.17, 15) is 9.90 Å². The van der Waals surface area contributed by atoms with Crippen molar-refractivity contribution < 1.29 is 23.5 Å². The fraction of sp³-hybridized carbons (Fsp3) is 0.769. The lowest BCUT2D eigenvalue weighted by atomic mass is 9.98. The van der Waals surface area contributed by atoms with Crippen molar-refractivity contribution in [3.63, 3.8) is 0 Å². The topological polar surface area (TPSA) is 76.0 Å². The maximum absolute atomic E-state index is 12.0. The molecule has 0 bridgehead atoms. The van der Waals surface area contributed by atoms with Gasteiger partial charge in [-0.25, -0.2) is 4.79 Å². The van der Waals surface area contributed by atoms with Crippen LogP contribution in [-0.4, -0.2) is 47.2 Å². The Bertz CT molecular complexity index is 336. The second kappa shape index (κ2) is 9.46. The average molecular weight is 321 g/mol. The molecule has 0 rings (SSSR count). The maximum atomic E-state index is 12.0. The van der Waals surface area contributed by atoms with Crippen molar-refractivity contribution >= 4 is 24.3 Å². The summed E-state index contributed by atoms with van der Waals surface area (Å²) in [5, 5.41) is 18.4. The van der Waals surface area contributed by atoms with Crippen molar-refractivity contribution in [2.75, 3.05) is 6.61 Å². The van der Waals surface area contributed by atoms with E-state index >= 15 is 0 Å². The van der Waals surface area contributed by atoms with Gasteiger partial charge in [-0.05, 0) is 39.4 Å². The Morgan fingerprint density at radius 1 is 1.35 bits per heavy atom. The second-order valence-electron chi connectivity index (χ2n) is 5.83. The van der Waals surface area contributed by atoms with Gasteiger partial charge in [0, 0.05) is 5.57 Å². The van der Waals surface area contributed by atoms with Gasteiger partial charge in [0.25, 0.3) is 0 Å². The van der Waals surface area contributed by atoms with Gasteiger partial charge in [0.1, 0.15) is 0 Å². The predicted octanol–water partition coefficient (Wildman–Crippen LogP) is 1.24. The molecule has 0 aromatic heterocycles. The highest BCUT2D eigenvalue weighted by Crippen LogP contribution is 2.18. The van der Waals surface area contributed by atoms with E-state index in [1.165, 1.54) is 0 Å². The van der Waals surface area contributed by atoms with Crippen LogP contribution < -0.4 is 0 Å². The Morgan fingerprint density at radius 3 is 2.40 bits per heavy atom. The fourth-order valence-electron chi connectivity index (χ4n) is 1.61. The lowest BCUT2D eigenvalue weighted by Crippen LogP contribution is -2.30. The first-order valence-corrected chi connectivity index (χ1v) is 11.6. The van der Waals surface area contributed by atoms with Crippen LogP contribution in [0.15, 0.2) is 11.1 Å². The summed E-state index contributed by atoms with van der Waals surface area (Å²) < 4.78 is 10.8. The van der Waals surface area contributed by atoms with Crippen LogP contribution in [0.25, 0.3) is 0 Å². The molecule has 7 heteroatoms. The zero-order chi connectivity index (χ0) is 15.8. The third kappa shape index (κ3) is 8.65.